The number of anilines is 3. The lowest BCUT2D eigenvalue weighted by Crippen LogP contribution is -2.13. The number of nitrogens with one attached hydrogen (secondary N) is 2. The number of para-hydroxylation sites is 2. The third kappa shape index (κ3) is 4.83. The van der Waals surface area contributed by atoms with Gasteiger partial charge in [0.15, 0.2) is 0 Å². The number of ether oxygens (including phenoxy) is 1. The predicted molar refractivity (Wildman–Crippen MR) is 107 cm³/mol. The molecule has 3 aromatic rings. The Hall–Kier alpha value is -3.92. The number of carbonyl (C=O) groups is 1. The molecule has 0 aliphatic carbocycles. The summed E-state index contributed by atoms with van der Waals surface area (Å²) in [5, 5.41) is 14.8. The zero-order valence-corrected chi connectivity index (χ0v) is 15.5. The first-order valence-electron chi connectivity index (χ1n) is 8.71. The minimum atomic E-state index is -0.356. The van der Waals surface area contributed by atoms with Crippen molar-refractivity contribution in [2.45, 2.75) is 20.0 Å². The van der Waals surface area contributed by atoms with Crippen LogP contribution in [0.4, 0.5) is 17.3 Å². The van der Waals surface area contributed by atoms with Crippen molar-refractivity contribution >= 4 is 23.2 Å². The molecular formula is C21H19N5O2. The Bertz CT molecular complexity index is 1010. The van der Waals surface area contributed by atoms with Crippen molar-refractivity contribution in [3.05, 3.63) is 72.1 Å². The van der Waals surface area contributed by atoms with Gasteiger partial charge in [-0.15, -0.1) is 0 Å². The highest BCUT2D eigenvalue weighted by Crippen LogP contribution is 2.26. The van der Waals surface area contributed by atoms with Gasteiger partial charge in [0.25, 0.3) is 5.91 Å². The van der Waals surface area contributed by atoms with E-state index >= 15 is 0 Å². The minimum absolute atomic E-state index is 0.0366. The van der Waals surface area contributed by atoms with Gasteiger partial charge in [0.05, 0.1) is 29.0 Å². The molecule has 0 fully saturated rings. The highest BCUT2D eigenvalue weighted by atomic mass is 16.5. The molecule has 1 heterocycles. The SMILES string of the molecule is CC(C)Oc1ccccc1Nc1ncc(C(=O)Nc2cccc(C#N)c2)cn1. The molecule has 0 aliphatic heterocycles. The fourth-order valence-electron chi connectivity index (χ4n) is 2.43. The summed E-state index contributed by atoms with van der Waals surface area (Å²) < 4.78 is 5.76. The molecule has 3 rings (SSSR count). The van der Waals surface area contributed by atoms with Crippen LogP contribution in [0.2, 0.25) is 0 Å². The molecular weight excluding hydrogens is 354 g/mol. The number of benzene rings is 2. The number of carbonyl (C=O) groups excluding carboxylic acids is 1. The second-order valence-corrected chi connectivity index (χ2v) is 6.23. The lowest BCUT2D eigenvalue weighted by molar-refractivity contribution is 0.102. The number of nitrogens with zero attached hydrogens (tertiary/aromatic N) is 3. The Labute approximate surface area is 163 Å². The van der Waals surface area contributed by atoms with Gasteiger partial charge in [-0.3, -0.25) is 4.79 Å². The van der Waals surface area contributed by atoms with E-state index < -0.39 is 0 Å². The average Bonchev–Trinajstić information content (AvgIpc) is 2.70. The van der Waals surface area contributed by atoms with E-state index in [0.717, 1.165) is 5.69 Å². The van der Waals surface area contributed by atoms with Crippen LogP contribution in [0.1, 0.15) is 29.8 Å². The van der Waals surface area contributed by atoms with E-state index in [-0.39, 0.29) is 12.0 Å². The van der Waals surface area contributed by atoms with E-state index in [4.69, 9.17) is 10.00 Å². The zero-order chi connectivity index (χ0) is 19.9. The monoisotopic (exact) mass is 373 g/mol. The van der Waals surface area contributed by atoms with Gasteiger partial charge in [0, 0.05) is 18.1 Å². The number of hydrogen-bond donors (Lipinski definition) is 2. The van der Waals surface area contributed by atoms with Crippen LogP contribution in [-0.4, -0.2) is 22.0 Å². The summed E-state index contributed by atoms with van der Waals surface area (Å²) in [6.45, 7) is 3.90. The van der Waals surface area contributed by atoms with Gasteiger partial charge in [-0.25, -0.2) is 9.97 Å². The summed E-state index contributed by atoms with van der Waals surface area (Å²) in [6.07, 6.45) is 2.91. The van der Waals surface area contributed by atoms with Crippen LogP contribution in [0.5, 0.6) is 5.75 Å². The lowest BCUT2D eigenvalue weighted by atomic mass is 10.2. The van der Waals surface area contributed by atoms with Gasteiger partial charge in [-0.1, -0.05) is 18.2 Å². The number of hydrogen-bond acceptors (Lipinski definition) is 6. The van der Waals surface area contributed by atoms with Gasteiger partial charge < -0.3 is 15.4 Å². The Morgan fingerprint density at radius 2 is 1.86 bits per heavy atom. The molecule has 0 unspecified atom stereocenters. The molecule has 140 valence electrons. The third-order valence-electron chi connectivity index (χ3n) is 3.66. The molecule has 0 radical (unpaired) electrons. The first-order chi connectivity index (χ1) is 13.5. The minimum Gasteiger partial charge on any atom is -0.489 e. The van der Waals surface area contributed by atoms with Crippen LogP contribution in [0.15, 0.2) is 60.9 Å². The van der Waals surface area contributed by atoms with Crippen molar-refractivity contribution in [2.75, 3.05) is 10.6 Å². The standard InChI is InChI=1S/C21H19N5O2/c1-14(2)28-19-9-4-3-8-18(19)26-21-23-12-16(13-24-21)20(27)25-17-7-5-6-15(10-17)11-22/h3-10,12-14H,1-2H3,(H,25,27)(H,23,24,26). The molecule has 28 heavy (non-hydrogen) atoms. The maximum absolute atomic E-state index is 12.3. The highest BCUT2D eigenvalue weighted by Gasteiger charge is 2.10. The normalized spacial score (nSPS) is 10.2. The summed E-state index contributed by atoms with van der Waals surface area (Å²) in [4.78, 5) is 20.7. The van der Waals surface area contributed by atoms with Crippen molar-refractivity contribution in [2.24, 2.45) is 0 Å². The Balaban J connectivity index is 1.70. The van der Waals surface area contributed by atoms with Crippen LogP contribution < -0.4 is 15.4 Å². The van der Waals surface area contributed by atoms with Gasteiger partial charge in [-0.2, -0.15) is 5.26 Å². The van der Waals surface area contributed by atoms with E-state index in [9.17, 15) is 4.79 Å². The van der Waals surface area contributed by atoms with E-state index in [0.29, 0.717) is 28.5 Å². The van der Waals surface area contributed by atoms with Crippen LogP contribution in [0.25, 0.3) is 0 Å². The average molecular weight is 373 g/mol. The molecule has 7 nitrogen and oxygen atoms in total. The van der Waals surface area contributed by atoms with E-state index in [1.165, 1.54) is 12.4 Å². The zero-order valence-electron chi connectivity index (χ0n) is 15.5. The second-order valence-electron chi connectivity index (χ2n) is 6.23. The fourth-order valence-corrected chi connectivity index (χ4v) is 2.43. The topological polar surface area (TPSA) is 99.9 Å². The molecule has 1 aromatic heterocycles. The quantitative estimate of drug-likeness (QED) is 0.674. The highest BCUT2D eigenvalue weighted by molar-refractivity contribution is 6.04. The van der Waals surface area contributed by atoms with Crippen molar-refractivity contribution in [1.29, 1.82) is 5.26 Å². The Morgan fingerprint density at radius 1 is 1.11 bits per heavy atom. The summed E-state index contributed by atoms with van der Waals surface area (Å²) in [6, 6.07) is 16.2. The molecule has 0 saturated heterocycles. The summed E-state index contributed by atoms with van der Waals surface area (Å²) in [5.74, 6) is 0.688. The van der Waals surface area contributed by atoms with Crippen LogP contribution in [0, 0.1) is 11.3 Å². The van der Waals surface area contributed by atoms with Gasteiger partial charge in [0.2, 0.25) is 5.95 Å². The van der Waals surface area contributed by atoms with Crippen molar-refractivity contribution < 1.29 is 9.53 Å². The fraction of sp³-hybridized carbons (Fsp3) is 0.143. The first kappa shape index (κ1) is 18.9. The molecule has 0 bridgehead atoms. The van der Waals surface area contributed by atoms with Crippen LogP contribution in [-0.2, 0) is 0 Å². The third-order valence-corrected chi connectivity index (χ3v) is 3.66. The van der Waals surface area contributed by atoms with Crippen LogP contribution >= 0.6 is 0 Å². The lowest BCUT2D eigenvalue weighted by Gasteiger charge is -2.14. The number of amides is 1. The molecule has 0 aliphatic rings. The number of nitriles is 1. The Morgan fingerprint density at radius 3 is 2.57 bits per heavy atom. The van der Waals surface area contributed by atoms with Crippen molar-refractivity contribution in [3.8, 4) is 11.8 Å². The smallest absolute Gasteiger partial charge is 0.258 e. The Kier molecular flexibility index (Phi) is 5.82. The largest absolute Gasteiger partial charge is 0.489 e. The van der Waals surface area contributed by atoms with E-state index in [1.807, 2.05) is 44.2 Å². The summed E-state index contributed by atoms with van der Waals surface area (Å²) in [5.41, 5.74) is 2.04. The summed E-state index contributed by atoms with van der Waals surface area (Å²) in [7, 11) is 0. The molecule has 0 saturated carbocycles. The van der Waals surface area contributed by atoms with Crippen molar-refractivity contribution in [3.63, 3.8) is 0 Å². The molecule has 2 N–H and O–H groups in total. The number of rotatable bonds is 6. The molecule has 0 spiro atoms. The first-order valence-corrected chi connectivity index (χ1v) is 8.71. The summed E-state index contributed by atoms with van der Waals surface area (Å²) >= 11 is 0. The van der Waals surface area contributed by atoms with Crippen molar-refractivity contribution in [1.82, 2.24) is 9.97 Å². The van der Waals surface area contributed by atoms with Crippen LogP contribution in [0.3, 0.4) is 0 Å². The molecule has 0 atom stereocenters. The molecule has 7 heteroatoms. The predicted octanol–water partition coefficient (Wildman–Crippen LogP) is 4.13. The molecule has 1 amide bonds. The second kappa shape index (κ2) is 8.64. The maximum atomic E-state index is 12.3. The molecule has 2 aromatic carbocycles. The van der Waals surface area contributed by atoms with E-state index in [1.54, 1.807) is 24.3 Å². The van der Waals surface area contributed by atoms with Gasteiger partial charge in [-0.05, 0) is 44.2 Å². The maximum Gasteiger partial charge on any atom is 0.258 e. The number of aromatic nitrogens is 2. The van der Waals surface area contributed by atoms with Gasteiger partial charge in [0.1, 0.15) is 5.75 Å². The van der Waals surface area contributed by atoms with Gasteiger partial charge >= 0.3 is 0 Å². The van der Waals surface area contributed by atoms with E-state index in [2.05, 4.69) is 20.6 Å².